The SMILES string of the molecule is Cc1ccc(Nc2ncnc(Nc3ccncc3)c2N)c(C)c1. The number of pyridine rings is 1. The fraction of sp³-hybridized carbons (Fsp3) is 0.118. The van der Waals surface area contributed by atoms with Gasteiger partial charge >= 0.3 is 0 Å². The second-order valence-corrected chi connectivity index (χ2v) is 5.29. The molecule has 0 amide bonds. The third kappa shape index (κ3) is 3.37. The number of nitrogen functional groups attached to an aromatic ring is 1. The minimum atomic E-state index is 0.462. The number of hydrogen-bond donors (Lipinski definition) is 3. The molecule has 1 aromatic carbocycles. The summed E-state index contributed by atoms with van der Waals surface area (Å²) in [5.41, 5.74) is 10.8. The molecule has 3 rings (SSSR count). The fourth-order valence-electron chi connectivity index (χ4n) is 2.25. The lowest BCUT2D eigenvalue weighted by atomic mass is 10.1. The van der Waals surface area contributed by atoms with Gasteiger partial charge in [-0.3, -0.25) is 4.98 Å². The van der Waals surface area contributed by atoms with Gasteiger partial charge in [-0.1, -0.05) is 17.7 Å². The molecule has 4 N–H and O–H groups in total. The van der Waals surface area contributed by atoms with Gasteiger partial charge in [-0.05, 0) is 37.6 Å². The summed E-state index contributed by atoms with van der Waals surface area (Å²) in [6.45, 7) is 4.11. The van der Waals surface area contributed by atoms with Crippen molar-refractivity contribution in [1.82, 2.24) is 15.0 Å². The van der Waals surface area contributed by atoms with Crippen LogP contribution in [0.15, 0.2) is 49.1 Å². The molecule has 6 nitrogen and oxygen atoms in total. The standard InChI is InChI=1S/C17H18N6/c1-11-3-4-14(12(2)9-11)23-17-15(18)16(20-10-21-17)22-13-5-7-19-8-6-13/h3-10H,18H2,1-2H3,(H2,19,20,21,22,23). The van der Waals surface area contributed by atoms with Gasteiger partial charge in [0.2, 0.25) is 0 Å². The van der Waals surface area contributed by atoms with Crippen molar-refractivity contribution >= 4 is 28.7 Å². The molecule has 116 valence electrons. The molecule has 0 bridgehead atoms. The van der Waals surface area contributed by atoms with Crippen molar-refractivity contribution in [3.63, 3.8) is 0 Å². The third-order valence-corrected chi connectivity index (χ3v) is 3.46. The quantitative estimate of drug-likeness (QED) is 0.683. The Hall–Kier alpha value is -3.15. The first-order valence-electron chi connectivity index (χ1n) is 7.25. The number of nitrogens with two attached hydrogens (primary N) is 1. The molecule has 0 spiro atoms. The van der Waals surface area contributed by atoms with Gasteiger partial charge < -0.3 is 16.4 Å². The van der Waals surface area contributed by atoms with Crippen molar-refractivity contribution in [3.8, 4) is 0 Å². The van der Waals surface area contributed by atoms with Crippen LogP contribution < -0.4 is 16.4 Å². The zero-order chi connectivity index (χ0) is 16.2. The minimum Gasteiger partial charge on any atom is -0.393 e. The Balaban J connectivity index is 1.87. The van der Waals surface area contributed by atoms with Crippen molar-refractivity contribution in [3.05, 3.63) is 60.2 Å². The Morgan fingerprint density at radius 3 is 2.30 bits per heavy atom. The van der Waals surface area contributed by atoms with Crippen LogP contribution in [0.1, 0.15) is 11.1 Å². The number of nitrogens with zero attached hydrogens (tertiary/aromatic N) is 3. The lowest BCUT2D eigenvalue weighted by Gasteiger charge is -2.14. The Bertz CT molecular complexity index is 817. The maximum absolute atomic E-state index is 6.19. The van der Waals surface area contributed by atoms with Crippen molar-refractivity contribution in [2.24, 2.45) is 0 Å². The van der Waals surface area contributed by atoms with Gasteiger partial charge in [0.05, 0.1) is 0 Å². The molecule has 0 saturated carbocycles. The third-order valence-electron chi connectivity index (χ3n) is 3.46. The number of aryl methyl sites for hydroxylation is 2. The summed E-state index contributed by atoms with van der Waals surface area (Å²) in [5.74, 6) is 1.13. The van der Waals surface area contributed by atoms with Crippen LogP contribution in [0.2, 0.25) is 0 Å². The summed E-state index contributed by atoms with van der Waals surface area (Å²) in [6.07, 6.45) is 4.88. The number of nitrogens with one attached hydrogen (secondary N) is 2. The predicted molar refractivity (Wildman–Crippen MR) is 93.2 cm³/mol. The number of aromatic nitrogens is 3. The monoisotopic (exact) mass is 306 g/mol. The molecule has 0 saturated heterocycles. The molecule has 0 radical (unpaired) electrons. The van der Waals surface area contributed by atoms with Crippen LogP contribution in [0.25, 0.3) is 0 Å². The van der Waals surface area contributed by atoms with E-state index in [1.54, 1.807) is 12.4 Å². The van der Waals surface area contributed by atoms with Gasteiger partial charge in [0.25, 0.3) is 0 Å². The number of rotatable bonds is 4. The van der Waals surface area contributed by atoms with Gasteiger partial charge in [-0.15, -0.1) is 0 Å². The summed E-state index contributed by atoms with van der Waals surface area (Å²) in [5, 5.41) is 6.43. The highest BCUT2D eigenvalue weighted by atomic mass is 15.1. The van der Waals surface area contributed by atoms with Crippen LogP contribution in [-0.2, 0) is 0 Å². The normalized spacial score (nSPS) is 10.3. The van der Waals surface area contributed by atoms with Crippen LogP contribution in [0.4, 0.5) is 28.7 Å². The van der Waals surface area contributed by atoms with E-state index in [2.05, 4.69) is 38.6 Å². The lowest BCUT2D eigenvalue weighted by Crippen LogP contribution is -2.05. The highest BCUT2D eigenvalue weighted by Gasteiger charge is 2.09. The summed E-state index contributed by atoms with van der Waals surface area (Å²) < 4.78 is 0. The van der Waals surface area contributed by atoms with Gasteiger partial charge in [-0.2, -0.15) is 0 Å². The second-order valence-electron chi connectivity index (χ2n) is 5.29. The van der Waals surface area contributed by atoms with Gasteiger partial charge in [-0.25, -0.2) is 9.97 Å². The number of hydrogen-bond acceptors (Lipinski definition) is 6. The van der Waals surface area contributed by atoms with E-state index >= 15 is 0 Å². The minimum absolute atomic E-state index is 0.462. The molecule has 0 atom stereocenters. The average molecular weight is 306 g/mol. The van der Waals surface area contributed by atoms with E-state index in [0.717, 1.165) is 16.9 Å². The highest BCUT2D eigenvalue weighted by molar-refractivity contribution is 5.80. The van der Waals surface area contributed by atoms with Gasteiger partial charge in [0.1, 0.15) is 12.0 Å². The molecule has 23 heavy (non-hydrogen) atoms. The van der Waals surface area contributed by atoms with Crippen molar-refractivity contribution in [2.45, 2.75) is 13.8 Å². The lowest BCUT2D eigenvalue weighted by molar-refractivity contribution is 1.17. The predicted octanol–water partition coefficient (Wildman–Crippen LogP) is 3.56. The van der Waals surface area contributed by atoms with Crippen LogP contribution in [0.5, 0.6) is 0 Å². The molecular formula is C17H18N6. The zero-order valence-electron chi connectivity index (χ0n) is 13.0. The van der Waals surface area contributed by atoms with E-state index in [-0.39, 0.29) is 0 Å². The number of anilines is 5. The summed E-state index contributed by atoms with van der Waals surface area (Å²) in [6, 6.07) is 9.86. The van der Waals surface area contributed by atoms with E-state index in [1.165, 1.54) is 11.9 Å². The van der Waals surface area contributed by atoms with Crippen LogP contribution in [0.3, 0.4) is 0 Å². The molecule has 6 heteroatoms. The van der Waals surface area contributed by atoms with Crippen LogP contribution in [0, 0.1) is 13.8 Å². The topological polar surface area (TPSA) is 88.8 Å². The largest absolute Gasteiger partial charge is 0.393 e. The van der Waals surface area contributed by atoms with Gasteiger partial charge in [0.15, 0.2) is 11.6 Å². The molecule has 0 aliphatic heterocycles. The van der Waals surface area contributed by atoms with Crippen molar-refractivity contribution in [1.29, 1.82) is 0 Å². The van der Waals surface area contributed by atoms with E-state index in [1.807, 2.05) is 31.2 Å². The van der Waals surface area contributed by atoms with Crippen LogP contribution >= 0.6 is 0 Å². The zero-order valence-corrected chi connectivity index (χ0v) is 13.0. The summed E-state index contributed by atoms with van der Waals surface area (Å²) in [4.78, 5) is 12.4. The fourth-order valence-corrected chi connectivity index (χ4v) is 2.25. The molecule has 0 unspecified atom stereocenters. The Kier molecular flexibility index (Phi) is 4.05. The summed E-state index contributed by atoms with van der Waals surface area (Å²) in [7, 11) is 0. The maximum Gasteiger partial charge on any atom is 0.159 e. The Labute approximate surface area is 134 Å². The van der Waals surface area contributed by atoms with E-state index in [4.69, 9.17) is 5.73 Å². The first-order chi connectivity index (χ1) is 11.1. The second kappa shape index (κ2) is 6.31. The molecular weight excluding hydrogens is 288 g/mol. The first-order valence-corrected chi connectivity index (χ1v) is 7.25. The average Bonchev–Trinajstić information content (AvgIpc) is 2.54. The molecule has 0 aliphatic rings. The van der Waals surface area contributed by atoms with Gasteiger partial charge in [0, 0.05) is 23.8 Å². The summed E-state index contributed by atoms with van der Waals surface area (Å²) >= 11 is 0. The maximum atomic E-state index is 6.19. The van der Waals surface area contributed by atoms with E-state index in [9.17, 15) is 0 Å². The molecule has 0 fully saturated rings. The smallest absolute Gasteiger partial charge is 0.159 e. The molecule has 2 aromatic heterocycles. The van der Waals surface area contributed by atoms with Crippen LogP contribution in [-0.4, -0.2) is 15.0 Å². The van der Waals surface area contributed by atoms with Crippen molar-refractivity contribution in [2.75, 3.05) is 16.4 Å². The van der Waals surface area contributed by atoms with E-state index < -0.39 is 0 Å². The van der Waals surface area contributed by atoms with E-state index in [0.29, 0.717) is 17.3 Å². The molecule has 3 aromatic rings. The van der Waals surface area contributed by atoms with Crippen molar-refractivity contribution < 1.29 is 0 Å². The number of benzene rings is 1. The Morgan fingerprint density at radius 2 is 1.61 bits per heavy atom. The first kappa shape index (κ1) is 14.8. The highest BCUT2D eigenvalue weighted by Crippen LogP contribution is 2.29. The molecule has 2 heterocycles. The molecule has 0 aliphatic carbocycles. The Morgan fingerprint density at radius 1 is 0.913 bits per heavy atom.